The normalized spacial score (nSPS) is 12.5. The molecule has 0 fully saturated rings. The molecular formula is C8H12ClN5O3. The molecule has 0 aliphatic heterocycles. The number of aromatic nitrogens is 2. The summed E-state index contributed by atoms with van der Waals surface area (Å²) < 4.78 is 1.15. The summed E-state index contributed by atoms with van der Waals surface area (Å²) in [5.74, 6) is 3.93. The third kappa shape index (κ3) is 2.71. The van der Waals surface area contributed by atoms with Crippen molar-refractivity contribution in [3.8, 4) is 0 Å². The fourth-order valence-corrected chi connectivity index (χ4v) is 1.65. The van der Waals surface area contributed by atoms with E-state index in [0.29, 0.717) is 0 Å². The Morgan fingerprint density at radius 2 is 2.29 bits per heavy atom. The lowest BCUT2D eigenvalue weighted by atomic mass is 10.0. The lowest BCUT2D eigenvalue weighted by Gasteiger charge is -2.16. The Balaban J connectivity index is 3.16. The number of hydrogen-bond donors (Lipinski definition) is 2. The Bertz CT molecular complexity index is 444. The maximum atomic E-state index is 11.5. The number of hydrazine groups is 1. The quantitative estimate of drug-likeness (QED) is 0.357. The molecule has 1 rings (SSSR count). The van der Waals surface area contributed by atoms with Crippen molar-refractivity contribution in [1.82, 2.24) is 15.2 Å². The highest BCUT2D eigenvalue weighted by atomic mass is 35.5. The number of nitrogens with one attached hydrogen (secondary N) is 1. The van der Waals surface area contributed by atoms with Gasteiger partial charge in [0, 0.05) is 0 Å². The van der Waals surface area contributed by atoms with E-state index in [0.717, 1.165) is 4.68 Å². The standard InChI is InChI=1S/C8H12ClN5O3/c1-4(2)6(8(15)11-10)13-3-5(9)7(12-13)14(16)17/h3-4,6H,10H2,1-2H3,(H,11,15). The molecule has 94 valence electrons. The van der Waals surface area contributed by atoms with Gasteiger partial charge >= 0.3 is 5.82 Å². The number of nitro groups is 1. The molecule has 3 N–H and O–H groups in total. The van der Waals surface area contributed by atoms with E-state index >= 15 is 0 Å². The highest BCUT2D eigenvalue weighted by Gasteiger charge is 2.30. The van der Waals surface area contributed by atoms with Crippen LogP contribution < -0.4 is 11.3 Å². The van der Waals surface area contributed by atoms with E-state index < -0.39 is 22.7 Å². The Labute approximate surface area is 102 Å². The van der Waals surface area contributed by atoms with Gasteiger partial charge in [-0.15, -0.1) is 0 Å². The summed E-state index contributed by atoms with van der Waals surface area (Å²) in [6.07, 6.45) is 1.24. The monoisotopic (exact) mass is 261 g/mol. The third-order valence-electron chi connectivity index (χ3n) is 2.17. The Morgan fingerprint density at radius 3 is 2.65 bits per heavy atom. The van der Waals surface area contributed by atoms with E-state index in [1.807, 2.05) is 5.43 Å². The van der Waals surface area contributed by atoms with Gasteiger partial charge in [0.05, 0.1) is 11.3 Å². The molecule has 1 aromatic heterocycles. The molecular weight excluding hydrogens is 250 g/mol. The third-order valence-corrected chi connectivity index (χ3v) is 2.44. The number of halogens is 1. The van der Waals surface area contributed by atoms with Crippen molar-refractivity contribution < 1.29 is 9.72 Å². The van der Waals surface area contributed by atoms with E-state index in [4.69, 9.17) is 17.4 Å². The first kappa shape index (κ1) is 13.4. The molecule has 0 saturated carbocycles. The van der Waals surface area contributed by atoms with Crippen molar-refractivity contribution in [3.63, 3.8) is 0 Å². The Kier molecular flexibility index (Phi) is 4.02. The summed E-state index contributed by atoms with van der Waals surface area (Å²) >= 11 is 5.65. The summed E-state index contributed by atoms with van der Waals surface area (Å²) in [6.45, 7) is 3.53. The molecule has 1 amide bonds. The molecule has 9 heteroatoms. The zero-order valence-electron chi connectivity index (χ0n) is 9.25. The fourth-order valence-electron chi connectivity index (χ4n) is 1.44. The number of amides is 1. The lowest BCUT2D eigenvalue weighted by Crippen LogP contribution is -2.39. The molecule has 17 heavy (non-hydrogen) atoms. The molecule has 8 nitrogen and oxygen atoms in total. The second-order valence-corrected chi connectivity index (χ2v) is 4.14. The SMILES string of the molecule is CC(C)C(C(=O)NN)n1cc(Cl)c([N+](=O)[O-])n1. The number of rotatable bonds is 4. The number of carbonyl (C=O) groups is 1. The van der Waals surface area contributed by atoms with E-state index in [1.165, 1.54) is 6.20 Å². The van der Waals surface area contributed by atoms with Gasteiger partial charge in [-0.25, -0.2) is 5.84 Å². The van der Waals surface area contributed by atoms with Crippen LogP contribution in [0.2, 0.25) is 5.02 Å². The van der Waals surface area contributed by atoms with Crippen LogP contribution in [0.3, 0.4) is 0 Å². The van der Waals surface area contributed by atoms with E-state index in [1.54, 1.807) is 13.8 Å². The van der Waals surface area contributed by atoms with Gasteiger partial charge in [0.2, 0.25) is 0 Å². The van der Waals surface area contributed by atoms with Crippen molar-refractivity contribution in [3.05, 3.63) is 21.3 Å². The fraction of sp³-hybridized carbons (Fsp3) is 0.500. The van der Waals surface area contributed by atoms with E-state index in [-0.39, 0.29) is 10.9 Å². The predicted molar refractivity (Wildman–Crippen MR) is 60.1 cm³/mol. The molecule has 1 unspecified atom stereocenters. The minimum Gasteiger partial charge on any atom is -0.358 e. The number of nitrogens with zero attached hydrogens (tertiary/aromatic N) is 3. The van der Waals surface area contributed by atoms with E-state index in [2.05, 4.69) is 5.10 Å². The summed E-state index contributed by atoms with van der Waals surface area (Å²) in [5.41, 5.74) is 1.99. The van der Waals surface area contributed by atoms with Crippen LogP contribution in [0, 0.1) is 16.0 Å². The van der Waals surface area contributed by atoms with Gasteiger partial charge in [0.25, 0.3) is 5.91 Å². The van der Waals surface area contributed by atoms with Gasteiger partial charge < -0.3 is 10.1 Å². The molecule has 0 radical (unpaired) electrons. The number of nitrogens with two attached hydrogens (primary N) is 1. The highest BCUT2D eigenvalue weighted by molar-refractivity contribution is 6.32. The average Bonchev–Trinajstić information content (AvgIpc) is 2.59. The van der Waals surface area contributed by atoms with Gasteiger partial charge in [0.1, 0.15) is 0 Å². The van der Waals surface area contributed by atoms with Crippen molar-refractivity contribution in [2.45, 2.75) is 19.9 Å². The van der Waals surface area contributed by atoms with Crippen LogP contribution in [0.5, 0.6) is 0 Å². The molecule has 0 bridgehead atoms. The van der Waals surface area contributed by atoms with Gasteiger partial charge in [-0.05, 0) is 10.8 Å². The Morgan fingerprint density at radius 1 is 1.71 bits per heavy atom. The van der Waals surface area contributed by atoms with Gasteiger partial charge in [0.15, 0.2) is 11.1 Å². The smallest absolute Gasteiger partial charge is 0.358 e. The molecule has 0 aromatic carbocycles. The molecule has 1 heterocycles. The maximum absolute atomic E-state index is 11.5. The lowest BCUT2D eigenvalue weighted by molar-refractivity contribution is -0.389. The minimum absolute atomic E-state index is 0.120. The first-order valence-electron chi connectivity index (χ1n) is 4.78. The molecule has 1 atom stereocenters. The van der Waals surface area contributed by atoms with Crippen molar-refractivity contribution >= 4 is 23.3 Å². The van der Waals surface area contributed by atoms with Crippen LogP contribution in [-0.2, 0) is 4.79 Å². The van der Waals surface area contributed by atoms with Crippen molar-refractivity contribution in [2.75, 3.05) is 0 Å². The van der Waals surface area contributed by atoms with Crippen LogP contribution in [0.25, 0.3) is 0 Å². The van der Waals surface area contributed by atoms with E-state index in [9.17, 15) is 14.9 Å². The second-order valence-electron chi connectivity index (χ2n) is 3.74. The topological polar surface area (TPSA) is 116 Å². The van der Waals surface area contributed by atoms with Crippen LogP contribution in [0.4, 0.5) is 5.82 Å². The van der Waals surface area contributed by atoms with Gasteiger partial charge in [-0.2, -0.15) is 4.68 Å². The second kappa shape index (κ2) is 5.11. The molecule has 0 aliphatic carbocycles. The van der Waals surface area contributed by atoms with Gasteiger partial charge in [-0.3, -0.25) is 10.2 Å². The van der Waals surface area contributed by atoms with Crippen LogP contribution in [0.15, 0.2) is 6.20 Å². The van der Waals surface area contributed by atoms with Crippen LogP contribution in [-0.4, -0.2) is 20.6 Å². The molecule has 1 aromatic rings. The van der Waals surface area contributed by atoms with Crippen LogP contribution in [0.1, 0.15) is 19.9 Å². The highest BCUT2D eigenvalue weighted by Crippen LogP contribution is 2.26. The first-order valence-corrected chi connectivity index (χ1v) is 5.15. The average molecular weight is 262 g/mol. The van der Waals surface area contributed by atoms with Crippen LogP contribution >= 0.6 is 11.6 Å². The predicted octanol–water partition coefficient (Wildman–Crippen LogP) is 0.632. The zero-order valence-corrected chi connectivity index (χ0v) is 10.0. The number of hydrogen-bond acceptors (Lipinski definition) is 5. The largest absolute Gasteiger partial charge is 0.408 e. The van der Waals surface area contributed by atoms with Crippen molar-refractivity contribution in [2.24, 2.45) is 11.8 Å². The van der Waals surface area contributed by atoms with Gasteiger partial charge in [-0.1, -0.05) is 25.4 Å². The summed E-state index contributed by atoms with van der Waals surface area (Å²) in [4.78, 5) is 21.4. The first-order chi connectivity index (χ1) is 7.88. The zero-order chi connectivity index (χ0) is 13.2. The number of carbonyl (C=O) groups excluding carboxylic acids is 1. The molecule has 0 spiro atoms. The summed E-state index contributed by atoms with van der Waals surface area (Å²) in [5, 5.41) is 14.1. The molecule has 0 saturated heterocycles. The summed E-state index contributed by atoms with van der Waals surface area (Å²) in [7, 11) is 0. The maximum Gasteiger partial charge on any atom is 0.408 e. The summed E-state index contributed by atoms with van der Waals surface area (Å²) in [6, 6.07) is -0.744. The molecule has 0 aliphatic rings. The minimum atomic E-state index is -0.744. The Hall–Kier alpha value is -1.67. The van der Waals surface area contributed by atoms with Crippen molar-refractivity contribution in [1.29, 1.82) is 0 Å².